The van der Waals surface area contributed by atoms with Gasteiger partial charge >= 0.3 is 0 Å². The SMILES string of the molecule is O=S(=O)(O)c1ccc2ccccc2c1Nc1ccccc1. The van der Waals surface area contributed by atoms with Crippen LogP contribution in [0.3, 0.4) is 0 Å². The summed E-state index contributed by atoms with van der Waals surface area (Å²) in [6.45, 7) is 0. The molecule has 0 bridgehead atoms. The van der Waals surface area contributed by atoms with Crippen molar-refractivity contribution in [3.63, 3.8) is 0 Å². The minimum Gasteiger partial charge on any atom is -0.354 e. The summed E-state index contributed by atoms with van der Waals surface area (Å²) in [7, 11) is -4.31. The van der Waals surface area contributed by atoms with Crippen LogP contribution in [0.5, 0.6) is 0 Å². The number of hydrogen-bond donors (Lipinski definition) is 2. The van der Waals surface area contributed by atoms with E-state index in [1.807, 2.05) is 54.6 Å². The summed E-state index contributed by atoms with van der Waals surface area (Å²) in [6, 6.07) is 19.7. The predicted octanol–water partition coefficient (Wildman–Crippen LogP) is 3.83. The average molecular weight is 299 g/mol. The normalized spacial score (nSPS) is 11.5. The van der Waals surface area contributed by atoms with E-state index in [1.165, 1.54) is 6.07 Å². The van der Waals surface area contributed by atoms with Gasteiger partial charge in [-0.25, -0.2) is 0 Å². The van der Waals surface area contributed by atoms with Crippen LogP contribution in [-0.4, -0.2) is 13.0 Å². The van der Waals surface area contributed by atoms with Gasteiger partial charge in [0.05, 0.1) is 5.69 Å². The monoisotopic (exact) mass is 299 g/mol. The molecule has 2 N–H and O–H groups in total. The van der Waals surface area contributed by atoms with Gasteiger partial charge in [-0.3, -0.25) is 4.55 Å². The Morgan fingerprint density at radius 3 is 2.19 bits per heavy atom. The van der Waals surface area contributed by atoms with Crippen molar-refractivity contribution in [1.82, 2.24) is 0 Å². The number of rotatable bonds is 3. The van der Waals surface area contributed by atoms with Crippen molar-refractivity contribution in [2.75, 3.05) is 5.32 Å². The quantitative estimate of drug-likeness (QED) is 0.721. The van der Waals surface area contributed by atoms with Crippen LogP contribution in [0.25, 0.3) is 10.8 Å². The van der Waals surface area contributed by atoms with Gasteiger partial charge in [0.25, 0.3) is 10.1 Å². The molecule has 0 saturated carbocycles. The van der Waals surface area contributed by atoms with Crippen LogP contribution in [0.1, 0.15) is 0 Å². The lowest BCUT2D eigenvalue weighted by Gasteiger charge is -2.13. The zero-order chi connectivity index (χ0) is 14.9. The zero-order valence-corrected chi connectivity index (χ0v) is 11.8. The summed E-state index contributed by atoms with van der Waals surface area (Å²) in [5, 5.41) is 4.71. The Morgan fingerprint density at radius 2 is 1.48 bits per heavy atom. The molecule has 0 fully saturated rings. The summed E-state index contributed by atoms with van der Waals surface area (Å²) >= 11 is 0. The molecule has 0 aliphatic rings. The van der Waals surface area contributed by atoms with E-state index in [-0.39, 0.29) is 4.90 Å². The number of nitrogens with one attached hydrogen (secondary N) is 1. The highest BCUT2D eigenvalue weighted by Crippen LogP contribution is 2.32. The molecule has 0 saturated heterocycles. The summed E-state index contributed by atoms with van der Waals surface area (Å²) < 4.78 is 32.6. The third-order valence-electron chi connectivity index (χ3n) is 3.21. The Hall–Kier alpha value is -2.37. The van der Waals surface area contributed by atoms with Gasteiger partial charge in [-0.15, -0.1) is 0 Å². The third-order valence-corrected chi connectivity index (χ3v) is 4.11. The Balaban J connectivity index is 2.26. The molecule has 5 heteroatoms. The highest BCUT2D eigenvalue weighted by Gasteiger charge is 2.18. The second kappa shape index (κ2) is 5.20. The van der Waals surface area contributed by atoms with E-state index in [2.05, 4.69) is 5.32 Å². The Labute approximate surface area is 122 Å². The Morgan fingerprint density at radius 1 is 0.810 bits per heavy atom. The molecule has 0 unspecified atom stereocenters. The molecule has 0 heterocycles. The van der Waals surface area contributed by atoms with E-state index in [1.54, 1.807) is 6.07 Å². The molecular weight excluding hydrogens is 286 g/mol. The van der Waals surface area contributed by atoms with Crippen LogP contribution in [0.2, 0.25) is 0 Å². The summed E-state index contributed by atoms with van der Waals surface area (Å²) in [6.07, 6.45) is 0. The fourth-order valence-electron chi connectivity index (χ4n) is 2.26. The van der Waals surface area contributed by atoms with E-state index >= 15 is 0 Å². The summed E-state index contributed by atoms with van der Waals surface area (Å²) in [5.41, 5.74) is 1.13. The lowest BCUT2D eigenvalue weighted by molar-refractivity contribution is 0.483. The molecule has 3 aromatic carbocycles. The first-order valence-corrected chi connectivity index (χ1v) is 7.81. The molecule has 106 valence electrons. The van der Waals surface area contributed by atoms with Gasteiger partial charge in [-0.1, -0.05) is 48.5 Å². The number of fused-ring (bicyclic) bond motifs is 1. The number of anilines is 2. The second-order valence-corrected chi connectivity index (χ2v) is 6.02. The zero-order valence-electron chi connectivity index (χ0n) is 11.0. The summed E-state index contributed by atoms with van der Waals surface area (Å²) in [4.78, 5) is -0.134. The van der Waals surface area contributed by atoms with Crippen molar-refractivity contribution in [1.29, 1.82) is 0 Å². The number of hydrogen-bond acceptors (Lipinski definition) is 3. The molecule has 3 rings (SSSR count). The van der Waals surface area contributed by atoms with Crippen molar-refractivity contribution in [2.24, 2.45) is 0 Å². The maximum Gasteiger partial charge on any atom is 0.296 e. The second-order valence-electron chi connectivity index (χ2n) is 4.63. The highest BCUT2D eigenvalue weighted by molar-refractivity contribution is 7.86. The van der Waals surface area contributed by atoms with Crippen LogP contribution in [0.4, 0.5) is 11.4 Å². The van der Waals surface area contributed by atoms with Crippen LogP contribution in [-0.2, 0) is 10.1 Å². The number of benzene rings is 3. The van der Waals surface area contributed by atoms with E-state index in [4.69, 9.17) is 0 Å². The average Bonchev–Trinajstić information content (AvgIpc) is 2.47. The van der Waals surface area contributed by atoms with Crippen LogP contribution in [0.15, 0.2) is 71.6 Å². The largest absolute Gasteiger partial charge is 0.354 e. The van der Waals surface area contributed by atoms with Gasteiger partial charge in [-0.05, 0) is 23.6 Å². The Kier molecular flexibility index (Phi) is 3.37. The van der Waals surface area contributed by atoms with E-state index in [0.29, 0.717) is 5.69 Å². The van der Waals surface area contributed by atoms with Crippen molar-refractivity contribution >= 4 is 32.3 Å². The molecule has 0 radical (unpaired) electrons. The first-order chi connectivity index (χ1) is 10.1. The van der Waals surface area contributed by atoms with Crippen LogP contribution in [0, 0.1) is 0 Å². The molecule has 0 spiro atoms. The molecule has 4 nitrogen and oxygen atoms in total. The van der Waals surface area contributed by atoms with E-state index in [9.17, 15) is 13.0 Å². The first kappa shape index (κ1) is 13.6. The molecule has 0 amide bonds. The topological polar surface area (TPSA) is 66.4 Å². The lowest BCUT2D eigenvalue weighted by Crippen LogP contribution is -2.04. The third kappa shape index (κ3) is 2.74. The van der Waals surface area contributed by atoms with Gasteiger partial charge in [0.1, 0.15) is 4.90 Å². The standard InChI is InChI=1S/C16H13NO3S/c18-21(19,20)15-11-10-12-6-4-5-9-14(12)16(15)17-13-7-2-1-3-8-13/h1-11,17H,(H,18,19,20). The van der Waals surface area contributed by atoms with Gasteiger partial charge in [-0.2, -0.15) is 8.42 Å². The van der Waals surface area contributed by atoms with Crippen LogP contribution < -0.4 is 5.32 Å². The molecule has 21 heavy (non-hydrogen) atoms. The first-order valence-electron chi connectivity index (χ1n) is 6.37. The van der Waals surface area contributed by atoms with Crippen molar-refractivity contribution in [3.8, 4) is 0 Å². The minimum atomic E-state index is -4.31. The highest BCUT2D eigenvalue weighted by atomic mass is 32.2. The van der Waals surface area contributed by atoms with Gasteiger partial charge < -0.3 is 5.32 Å². The Bertz CT molecular complexity index is 890. The van der Waals surface area contributed by atoms with Gasteiger partial charge in [0.15, 0.2) is 0 Å². The van der Waals surface area contributed by atoms with Gasteiger partial charge in [0, 0.05) is 11.1 Å². The molecule has 0 atom stereocenters. The molecule has 3 aromatic rings. The molecule has 0 aromatic heterocycles. The minimum absolute atomic E-state index is 0.134. The van der Waals surface area contributed by atoms with Crippen molar-refractivity contribution in [3.05, 3.63) is 66.7 Å². The smallest absolute Gasteiger partial charge is 0.296 e. The van der Waals surface area contributed by atoms with Crippen molar-refractivity contribution in [2.45, 2.75) is 4.90 Å². The number of para-hydroxylation sites is 1. The van der Waals surface area contributed by atoms with Crippen LogP contribution >= 0.6 is 0 Å². The van der Waals surface area contributed by atoms with Crippen molar-refractivity contribution < 1.29 is 13.0 Å². The maximum absolute atomic E-state index is 11.6. The molecular formula is C16H13NO3S. The lowest BCUT2D eigenvalue weighted by atomic mass is 10.1. The molecule has 0 aliphatic heterocycles. The van der Waals surface area contributed by atoms with E-state index < -0.39 is 10.1 Å². The summed E-state index contributed by atoms with van der Waals surface area (Å²) in [5.74, 6) is 0. The fraction of sp³-hybridized carbons (Fsp3) is 0. The van der Waals surface area contributed by atoms with E-state index in [0.717, 1.165) is 16.5 Å². The molecule has 0 aliphatic carbocycles. The van der Waals surface area contributed by atoms with Gasteiger partial charge in [0.2, 0.25) is 0 Å². The fourth-order valence-corrected chi connectivity index (χ4v) is 2.92. The maximum atomic E-state index is 11.6. The predicted molar refractivity (Wildman–Crippen MR) is 83.5 cm³/mol.